The Bertz CT molecular complexity index is 562. The molecule has 1 saturated heterocycles. The van der Waals surface area contributed by atoms with E-state index < -0.39 is 4.92 Å². The molecule has 0 radical (unpaired) electrons. The van der Waals surface area contributed by atoms with E-state index in [0.29, 0.717) is 16.7 Å². The Morgan fingerprint density at radius 2 is 2.19 bits per heavy atom. The quantitative estimate of drug-likeness (QED) is 0.665. The molecule has 1 aliphatic heterocycles. The van der Waals surface area contributed by atoms with Crippen molar-refractivity contribution in [1.82, 2.24) is 5.32 Å². The summed E-state index contributed by atoms with van der Waals surface area (Å²) >= 11 is 3.38. The normalized spacial score (nSPS) is 19.1. The maximum atomic E-state index is 12.6. The number of rotatable bonds is 4. The Morgan fingerprint density at radius 3 is 2.81 bits per heavy atom. The van der Waals surface area contributed by atoms with Gasteiger partial charge in [0.1, 0.15) is 0 Å². The highest BCUT2D eigenvalue weighted by Gasteiger charge is 2.31. The molecule has 2 rings (SSSR count). The molecule has 0 spiro atoms. The second-order valence-corrected chi connectivity index (χ2v) is 6.25. The molecule has 0 aromatic heterocycles. The zero-order chi connectivity index (χ0) is 15.6. The van der Waals surface area contributed by atoms with E-state index in [9.17, 15) is 14.9 Å². The second kappa shape index (κ2) is 6.53. The van der Waals surface area contributed by atoms with Crippen LogP contribution in [0.25, 0.3) is 0 Å². The molecule has 1 N–H and O–H groups in total. The van der Waals surface area contributed by atoms with Gasteiger partial charge in [0.15, 0.2) is 0 Å². The zero-order valence-corrected chi connectivity index (χ0v) is 13.6. The van der Waals surface area contributed by atoms with Gasteiger partial charge in [-0.3, -0.25) is 14.9 Å². The summed E-state index contributed by atoms with van der Waals surface area (Å²) in [6, 6.07) is 4.46. The second-order valence-electron chi connectivity index (χ2n) is 5.40. The number of nitrogens with one attached hydrogen (secondary N) is 1. The van der Waals surface area contributed by atoms with Gasteiger partial charge in [0.25, 0.3) is 5.69 Å². The van der Waals surface area contributed by atoms with Crippen LogP contribution in [0, 0.1) is 10.1 Å². The third-order valence-corrected chi connectivity index (χ3v) is 4.08. The Kier molecular flexibility index (Phi) is 4.95. The number of non-ortho nitro benzene ring substituents is 1. The molecule has 1 aliphatic rings. The smallest absolute Gasteiger partial charge is 0.271 e. The summed E-state index contributed by atoms with van der Waals surface area (Å²) in [6.07, 6.45) is 1.66. The molecule has 0 saturated carbocycles. The number of carbonyl (C=O) groups is 1. The van der Waals surface area contributed by atoms with Gasteiger partial charge in [-0.1, -0.05) is 13.8 Å². The molecule has 1 fully saturated rings. The van der Waals surface area contributed by atoms with Crippen LogP contribution >= 0.6 is 15.9 Å². The fourth-order valence-electron chi connectivity index (χ4n) is 2.49. The molecule has 7 heteroatoms. The third kappa shape index (κ3) is 3.59. The fraction of sp³-hybridized carbons (Fsp3) is 0.500. The van der Waals surface area contributed by atoms with Gasteiger partial charge in [0.05, 0.1) is 16.7 Å². The monoisotopic (exact) mass is 355 g/mol. The van der Waals surface area contributed by atoms with Crippen LogP contribution in [0.2, 0.25) is 0 Å². The fourth-order valence-corrected chi connectivity index (χ4v) is 2.95. The summed E-state index contributed by atoms with van der Waals surface area (Å²) < 4.78 is 0.687. The maximum absolute atomic E-state index is 12.6. The maximum Gasteiger partial charge on any atom is 0.271 e. The van der Waals surface area contributed by atoms with Crippen LogP contribution in [0.1, 0.15) is 26.7 Å². The number of nitro benzene ring substituents is 1. The van der Waals surface area contributed by atoms with E-state index in [0.717, 1.165) is 12.8 Å². The van der Waals surface area contributed by atoms with Gasteiger partial charge in [-0.05, 0) is 34.8 Å². The average molecular weight is 356 g/mol. The lowest BCUT2D eigenvalue weighted by atomic mass is 10.0. The van der Waals surface area contributed by atoms with Gasteiger partial charge in [-0.15, -0.1) is 0 Å². The SMILES string of the molecule is CC(C)NC1CCCN(c2cc([N+](=O)[O-])ccc2Br)C1=O. The Balaban J connectivity index is 2.30. The highest BCUT2D eigenvalue weighted by molar-refractivity contribution is 9.10. The lowest BCUT2D eigenvalue weighted by molar-refractivity contribution is -0.384. The van der Waals surface area contributed by atoms with Crippen molar-refractivity contribution in [2.45, 2.75) is 38.8 Å². The molecule has 1 amide bonds. The summed E-state index contributed by atoms with van der Waals surface area (Å²) in [4.78, 5) is 24.7. The summed E-state index contributed by atoms with van der Waals surface area (Å²) in [5.41, 5.74) is 0.546. The van der Waals surface area contributed by atoms with Crippen molar-refractivity contribution >= 4 is 33.2 Å². The number of nitro groups is 1. The summed E-state index contributed by atoms with van der Waals surface area (Å²) in [5.74, 6) is -0.0313. The molecule has 21 heavy (non-hydrogen) atoms. The number of hydrogen-bond donors (Lipinski definition) is 1. The topological polar surface area (TPSA) is 75.5 Å². The summed E-state index contributed by atoms with van der Waals surface area (Å²) in [6.45, 7) is 4.57. The lowest BCUT2D eigenvalue weighted by Crippen LogP contribution is -2.52. The molecule has 114 valence electrons. The minimum absolute atomic E-state index is 0.0139. The van der Waals surface area contributed by atoms with E-state index in [4.69, 9.17) is 0 Å². The minimum Gasteiger partial charge on any atom is -0.310 e. The predicted molar refractivity (Wildman–Crippen MR) is 84.4 cm³/mol. The summed E-state index contributed by atoms with van der Waals surface area (Å²) in [7, 11) is 0. The van der Waals surface area contributed by atoms with Gasteiger partial charge in [-0.2, -0.15) is 0 Å². The van der Waals surface area contributed by atoms with Crippen LogP contribution in [-0.4, -0.2) is 29.5 Å². The van der Waals surface area contributed by atoms with Gasteiger partial charge >= 0.3 is 0 Å². The number of anilines is 1. The minimum atomic E-state index is -0.450. The molecule has 6 nitrogen and oxygen atoms in total. The van der Waals surface area contributed by atoms with E-state index >= 15 is 0 Å². The molecule has 1 aromatic rings. The third-order valence-electron chi connectivity index (χ3n) is 3.40. The van der Waals surface area contributed by atoms with Crippen molar-refractivity contribution in [2.75, 3.05) is 11.4 Å². The molecular formula is C14H18BrN3O3. The molecule has 0 aliphatic carbocycles. The van der Waals surface area contributed by atoms with Gasteiger partial charge < -0.3 is 10.2 Å². The van der Waals surface area contributed by atoms with Crippen molar-refractivity contribution in [3.8, 4) is 0 Å². The average Bonchev–Trinajstić information content (AvgIpc) is 2.41. The van der Waals surface area contributed by atoms with E-state index in [1.165, 1.54) is 12.1 Å². The lowest BCUT2D eigenvalue weighted by Gasteiger charge is -2.34. The van der Waals surface area contributed by atoms with Crippen LogP contribution < -0.4 is 10.2 Å². The molecule has 0 bridgehead atoms. The van der Waals surface area contributed by atoms with E-state index in [-0.39, 0.29) is 23.7 Å². The number of carbonyl (C=O) groups excluding carboxylic acids is 1. The van der Waals surface area contributed by atoms with Crippen LogP contribution in [0.4, 0.5) is 11.4 Å². The number of amides is 1. The van der Waals surface area contributed by atoms with E-state index in [2.05, 4.69) is 21.2 Å². The van der Waals surface area contributed by atoms with Gasteiger partial charge in [0.2, 0.25) is 5.91 Å². The van der Waals surface area contributed by atoms with Crippen molar-refractivity contribution in [1.29, 1.82) is 0 Å². The van der Waals surface area contributed by atoms with Crippen molar-refractivity contribution in [3.63, 3.8) is 0 Å². The number of nitrogens with zero attached hydrogens (tertiary/aromatic N) is 2. The number of halogens is 1. The molecular weight excluding hydrogens is 338 g/mol. The number of benzene rings is 1. The van der Waals surface area contributed by atoms with Crippen molar-refractivity contribution < 1.29 is 9.72 Å². The summed E-state index contributed by atoms with van der Waals surface area (Å²) in [5, 5.41) is 14.2. The molecule has 1 aromatic carbocycles. The first-order chi connectivity index (χ1) is 9.90. The zero-order valence-electron chi connectivity index (χ0n) is 12.0. The highest BCUT2D eigenvalue weighted by atomic mass is 79.9. The van der Waals surface area contributed by atoms with Gasteiger partial charge in [-0.25, -0.2) is 0 Å². The Labute approximate surface area is 131 Å². The first kappa shape index (κ1) is 15.9. The van der Waals surface area contributed by atoms with Gasteiger partial charge in [0, 0.05) is 29.2 Å². The molecule has 1 heterocycles. The first-order valence-electron chi connectivity index (χ1n) is 6.91. The Morgan fingerprint density at radius 1 is 1.48 bits per heavy atom. The van der Waals surface area contributed by atoms with Crippen LogP contribution in [0.15, 0.2) is 22.7 Å². The van der Waals surface area contributed by atoms with E-state index in [1.54, 1.807) is 11.0 Å². The van der Waals surface area contributed by atoms with Crippen LogP contribution in [0.5, 0.6) is 0 Å². The standard InChI is InChI=1S/C14H18BrN3O3/c1-9(2)16-12-4-3-7-17(14(12)19)13-8-10(18(20)21)5-6-11(13)15/h5-6,8-9,12,16H,3-4,7H2,1-2H3. The first-order valence-corrected chi connectivity index (χ1v) is 7.71. The van der Waals surface area contributed by atoms with E-state index in [1.807, 2.05) is 13.8 Å². The van der Waals surface area contributed by atoms with Crippen molar-refractivity contribution in [2.24, 2.45) is 0 Å². The predicted octanol–water partition coefficient (Wildman–Crippen LogP) is 2.85. The van der Waals surface area contributed by atoms with Crippen molar-refractivity contribution in [3.05, 3.63) is 32.8 Å². The Hall–Kier alpha value is -1.47. The molecule has 1 unspecified atom stereocenters. The highest BCUT2D eigenvalue weighted by Crippen LogP contribution is 2.32. The molecule has 1 atom stereocenters. The van der Waals surface area contributed by atoms with Crippen LogP contribution in [0.3, 0.4) is 0 Å². The largest absolute Gasteiger partial charge is 0.310 e. The number of piperidine rings is 1. The number of hydrogen-bond acceptors (Lipinski definition) is 4. The van der Waals surface area contributed by atoms with Crippen LogP contribution in [-0.2, 0) is 4.79 Å².